The molecule has 2 aromatic carbocycles. The maximum atomic E-state index is 13.0. The van der Waals surface area contributed by atoms with Crippen molar-refractivity contribution in [3.63, 3.8) is 0 Å². The van der Waals surface area contributed by atoms with Crippen LogP contribution in [0, 0.1) is 0 Å². The van der Waals surface area contributed by atoms with Crippen molar-refractivity contribution in [2.45, 2.75) is 45.3 Å². The molecule has 1 aromatic heterocycles. The highest BCUT2D eigenvalue weighted by molar-refractivity contribution is 5.99. The van der Waals surface area contributed by atoms with Gasteiger partial charge >= 0.3 is 0 Å². The van der Waals surface area contributed by atoms with Gasteiger partial charge in [-0.3, -0.25) is 14.5 Å². The number of hydrogen-bond donors (Lipinski definition) is 2. The van der Waals surface area contributed by atoms with Gasteiger partial charge in [-0.25, -0.2) is 0 Å². The van der Waals surface area contributed by atoms with Crippen LogP contribution in [0.15, 0.2) is 48.5 Å². The molecule has 3 heterocycles. The number of amides is 2. The molecule has 0 unspecified atom stereocenters. The van der Waals surface area contributed by atoms with Gasteiger partial charge in [-0.15, -0.1) is 0 Å². The summed E-state index contributed by atoms with van der Waals surface area (Å²) < 4.78 is 0. The lowest BCUT2D eigenvalue weighted by atomic mass is 10.0. The fraction of sp³-hybridized carbons (Fsp3) is 0.385. The van der Waals surface area contributed by atoms with Gasteiger partial charge in [0, 0.05) is 79.8 Å². The average molecular weight is 431 g/mol. The summed E-state index contributed by atoms with van der Waals surface area (Å²) in [5, 5.41) is 4.30. The van der Waals surface area contributed by atoms with Gasteiger partial charge in [-0.05, 0) is 36.6 Å². The Hall–Kier alpha value is -3.12. The summed E-state index contributed by atoms with van der Waals surface area (Å²) in [5.74, 6) is 0.0834. The molecule has 0 spiro atoms. The lowest BCUT2D eigenvalue weighted by Gasteiger charge is -2.32. The molecule has 0 atom stereocenters. The SMILES string of the molecule is CC(=O)N1CCc2[nH]c3ccc(C(=O)NC4CCN(Cc5ccccc5)CC4)cc3c2C1. The summed E-state index contributed by atoms with van der Waals surface area (Å²) in [6.45, 7) is 5.91. The molecular weight excluding hydrogens is 400 g/mol. The molecule has 5 rings (SSSR count). The van der Waals surface area contributed by atoms with Crippen molar-refractivity contribution < 1.29 is 9.59 Å². The second-order valence-corrected chi connectivity index (χ2v) is 9.04. The molecule has 2 aliphatic heterocycles. The summed E-state index contributed by atoms with van der Waals surface area (Å²) in [5.41, 5.74) is 5.38. The lowest BCUT2D eigenvalue weighted by Crippen LogP contribution is -2.44. The topological polar surface area (TPSA) is 68.4 Å². The van der Waals surface area contributed by atoms with Crippen LogP contribution < -0.4 is 5.32 Å². The number of nitrogens with zero attached hydrogens (tertiary/aromatic N) is 2. The number of rotatable bonds is 4. The first-order valence-corrected chi connectivity index (χ1v) is 11.5. The number of hydrogen-bond acceptors (Lipinski definition) is 3. The number of piperidine rings is 1. The van der Waals surface area contributed by atoms with E-state index in [2.05, 4.69) is 39.5 Å². The zero-order valence-electron chi connectivity index (χ0n) is 18.6. The summed E-state index contributed by atoms with van der Waals surface area (Å²) in [6.07, 6.45) is 2.76. The maximum absolute atomic E-state index is 13.0. The fourth-order valence-corrected chi connectivity index (χ4v) is 4.97. The Labute approximate surface area is 188 Å². The third-order valence-corrected chi connectivity index (χ3v) is 6.85. The van der Waals surface area contributed by atoms with Crippen LogP contribution in [0.25, 0.3) is 10.9 Å². The van der Waals surface area contributed by atoms with Crippen molar-refractivity contribution in [1.29, 1.82) is 0 Å². The Morgan fingerprint density at radius 3 is 2.59 bits per heavy atom. The van der Waals surface area contributed by atoms with Crippen LogP contribution in [0.5, 0.6) is 0 Å². The van der Waals surface area contributed by atoms with E-state index in [0.717, 1.165) is 61.9 Å². The monoisotopic (exact) mass is 430 g/mol. The number of aromatic amines is 1. The molecule has 0 saturated carbocycles. The minimum Gasteiger partial charge on any atom is -0.358 e. The molecule has 1 fully saturated rings. The molecule has 6 heteroatoms. The molecule has 3 aromatic rings. The van der Waals surface area contributed by atoms with Gasteiger partial charge in [-0.2, -0.15) is 0 Å². The zero-order valence-corrected chi connectivity index (χ0v) is 18.6. The second kappa shape index (κ2) is 8.79. The molecule has 0 aliphatic carbocycles. The van der Waals surface area contributed by atoms with Gasteiger partial charge in [0.25, 0.3) is 5.91 Å². The van der Waals surface area contributed by atoms with E-state index < -0.39 is 0 Å². The van der Waals surface area contributed by atoms with Gasteiger partial charge in [0.15, 0.2) is 0 Å². The Morgan fingerprint density at radius 2 is 1.84 bits per heavy atom. The first kappa shape index (κ1) is 20.8. The predicted octanol–water partition coefficient (Wildman–Crippen LogP) is 3.47. The van der Waals surface area contributed by atoms with Crippen LogP contribution in [-0.4, -0.2) is 52.3 Å². The Balaban J connectivity index is 1.23. The van der Waals surface area contributed by atoms with Crippen LogP contribution in [0.4, 0.5) is 0 Å². The third-order valence-electron chi connectivity index (χ3n) is 6.85. The van der Waals surface area contributed by atoms with E-state index in [1.54, 1.807) is 6.92 Å². The van der Waals surface area contributed by atoms with Crippen molar-refractivity contribution in [1.82, 2.24) is 20.1 Å². The quantitative estimate of drug-likeness (QED) is 0.666. The molecule has 2 amide bonds. The molecule has 2 N–H and O–H groups in total. The predicted molar refractivity (Wildman–Crippen MR) is 125 cm³/mol. The largest absolute Gasteiger partial charge is 0.358 e. The number of carbonyl (C=O) groups excluding carboxylic acids is 2. The zero-order chi connectivity index (χ0) is 22.1. The van der Waals surface area contributed by atoms with E-state index in [1.807, 2.05) is 29.2 Å². The number of nitrogens with one attached hydrogen (secondary N) is 2. The second-order valence-electron chi connectivity index (χ2n) is 9.04. The van der Waals surface area contributed by atoms with Crippen LogP contribution in [0.3, 0.4) is 0 Å². The minimum absolute atomic E-state index is 0.0115. The van der Waals surface area contributed by atoms with Crippen LogP contribution in [-0.2, 0) is 24.3 Å². The van der Waals surface area contributed by atoms with E-state index in [0.29, 0.717) is 12.1 Å². The lowest BCUT2D eigenvalue weighted by molar-refractivity contribution is -0.129. The van der Waals surface area contributed by atoms with Gasteiger partial charge in [-0.1, -0.05) is 30.3 Å². The van der Waals surface area contributed by atoms with E-state index >= 15 is 0 Å². The minimum atomic E-state index is -0.0115. The molecular formula is C26H30N4O2. The summed E-state index contributed by atoms with van der Waals surface area (Å²) in [6, 6.07) is 16.6. The normalized spacial score (nSPS) is 17.3. The Bertz CT molecular complexity index is 1130. The highest BCUT2D eigenvalue weighted by Crippen LogP contribution is 2.29. The first-order chi connectivity index (χ1) is 15.6. The van der Waals surface area contributed by atoms with Crippen molar-refractivity contribution in [3.05, 3.63) is 70.9 Å². The van der Waals surface area contributed by atoms with Gasteiger partial charge < -0.3 is 15.2 Å². The number of carbonyl (C=O) groups is 2. The number of H-pyrrole nitrogens is 1. The van der Waals surface area contributed by atoms with E-state index in [4.69, 9.17) is 0 Å². The number of aromatic nitrogens is 1. The average Bonchev–Trinajstić information content (AvgIpc) is 3.18. The highest BCUT2D eigenvalue weighted by Gasteiger charge is 2.24. The Kier molecular flexibility index (Phi) is 5.70. The number of likely N-dealkylation sites (tertiary alicyclic amines) is 1. The highest BCUT2D eigenvalue weighted by atomic mass is 16.2. The van der Waals surface area contributed by atoms with Gasteiger partial charge in [0.1, 0.15) is 0 Å². The summed E-state index contributed by atoms with van der Waals surface area (Å²) in [7, 11) is 0. The van der Waals surface area contributed by atoms with E-state index in [9.17, 15) is 9.59 Å². The third kappa shape index (κ3) is 4.28. The van der Waals surface area contributed by atoms with Crippen molar-refractivity contribution >= 4 is 22.7 Å². The first-order valence-electron chi connectivity index (χ1n) is 11.5. The van der Waals surface area contributed by atoms with Crippen molar-refractivity contribution in [2.75, 3.05) is 19.6 Å². The smallest absolute Gasteiger partial charge is 0.251 e. The molecule has 0 radical (unpaired) electrons. The number of fused-ring (bicyclic) bond motifs is 3. The molecule has 166 valence electrons. The van der Waals surface area contributed by atoms with Crippen LogP contribution >= 0.6 is 0 Å². The molecule has 32 heavy (non-hydrogen) atoms. The van der Waals surface area contributed by atoms with Gasteiger partial charge in [0.2, 0.25) is 5.91 Å². The van der Waals surface area contributed by atoms with Gasteiger partial charge in [0.05, 0.1) is 0 Å². The number of benzene rings is 2. The molecule has 1 saturated heterocycles. The van der Waals surface area contributed by atoms with Crippen LogP contribution in [0.2, 0.25) is 0 Å². The summed E-state index contributed by atoms with van der Waals surface area (Å²) >= 11 is 0. The Morgan fingerprint density at radius 1 is 1.06 bits per heavy atom. The summed E-state index contributed by atoms with van der Waals surface area (Å²) in [4.78, 5) is 32.6. The van der Waals surface area contributed by atoms with E-state index in [1.165, 1.54) is 11.3 Å². The van der Waals surface area contributed by atoms with Crippen LogP contribution in [0.1, 0.15) is 46.9 Å². The van der Waals surface area contributed by atoms with Crippen molar-refractivity contribution in [2.24, 2.45) is 0 Å². The molecule has 6 nitrogen and oxygen atoms in total. The molecule has 0 bridgehead atoms. The standard InChI is InChI=1S/C26H30N4O2/c1-18(31)30-14-11-25-23(17-30)22-15-20(7-8-24(22)28-25)26(32)27-21-9-12-29(13-10-21)16-19-5-3-2-4-6-19/h2-8,15,21,28H,9-14,16-17H2,1H3,(H,27,32). The molecule has 2 aliphatic rings. The van der Waals surface area contributed by atoms with E-state index in [-0.39, 0.29) is 17.9 Å². The fourth-order valence-electron chi connectivity index (χ4n) is 4.97. The maximum Gasteiger partial charge on any atom is 0.251 e. The van der Waals surface area contributed by atoms with Crippen molar-refractivity contribution in [3.8, 4) is 0 Å².